The molecule has 0 saturated carbocycles. The minimum atomic E-state index is 0.124. The van der Waals surface area contributed by atoms with E-state index >= 15 is 0 Å². The fourth-order valence-electron chi connectivity index (χ4n) is 2.06. The van der Waals surface area contributed by atoms with E-state index in [9.17, 15) is 0 Å². The first-order valence-corrected chi connectivity index (χ1v) is 7.17. The summed E-state index contributed by atoms with van der Waals surface area (Å²) in [6.45, 7) is 8.60. The lowest BCUT2D eigenvalue weighted by atomic mass is 9.83. The molecule has 2 nitrogen and oxygen atoms in total. The number of methoxy groups -OCH3 is 1. The topological polar surface area (TPSA) is 21.3 Å². The Hall–Kier alpha value is -0.670. The molecule has 1 rings (SSSR count). The van der Waals surface area contributed by atoms with Gasteiger partial charge in [-0.2, -0.15) is 12.6 Å². The van der Waals surface area contributed by atoms with Crippen LogP contribution in [0.2, 0.25) is 0 Å². The Morgan fingerprint density at radius 3 is 2.61 bits per heavy atom. The van der Waals surface area contributed by atoms with E-state index in [2.05, 4.69) is 56.9 Å². The van der Waals surface area contributed by atoms with E-state index in [4.69, 9.17) is 4.74 Å². The van der Waals surface area contributed by atoms with Crippen LogP contribution in [0.5, 0.6) is 5.75 Å². The Morgan fingerprint density at radius 1 is 1.33 bits per heavy atom. The first-order chi connectivity index (χ1) is 8.55. The highest BCUT2D eigenvalue weighted by Gasteiger charge is 2.21. The summed E-state index contributed by atoms with van der Waals surface area (Å²) in [6.07, 6.45) is 0.997. The Kier molecular flexibility index (Phi) is 6.03. The van der Waals surface area contributed by atoms with E-state index in [0.717, 1.165) is 31.0 Å². The van der Waals surface area contributed by atoms with Crippen molar-refractivity contribution in [2.45, 2.75) is 32.6 Å². The van der Waals surface area contributed by atoms with Crippen LogP contribution in [0.25, 0.3) is 0 Å². The van der Waals surface area contributed by atoms with Crippen LogP contribution in [0, 0.1) is 0 Å². The summed E-state index contributed by atoms with van der Waals surface area (Å²) in [4.78, 5) is 0. The van der Waals surface area contributed by atoms with E-state index in [1.807, 2.05) is 0 Å². The van der Waals surface area contributed by atoms with Gasteiger partial charge in [0, 0.05) is 24.3 Å². The number of hydrogen-bond donors (Lipinski definition) is 2. The molecule has 1 aromatic carbocycles. The molecule has 0 atom stereocenters. The summed E-state index contributed by atoms with van der Waals surface area (Å²) >= 11 is 4.22. The van der Waals surface area contributed by atoms with Gasteiger partial charge in [-0.25, -0.2) is 0 Å². The molecule has 0 aliphatic carbocycles. The van der Waals surface area contributed by atoms with Gasteiger partial charge in [-0.15, -0.1) is 0 Å². The maximum absolute atomic E-state index is 5.38. The second-order valence-corrected chi connectivity index (χ2v) is 5.61. The number of benzene rings is 1. The van der Waals surface area contributed by atoms with Crippen LogP contribution in [0.15, 0.2) is 18.2 Å². The van der Waals surface area contributed by atoms with Crippen molar-refractivity contribution in [3.63, 3.8) is 0 Å². The second-order valence-electron chi connectivity index (χ2n) is 5.16. The van der Waals surface area contributed by atoms with Gasteiger partial charge in [-0.05, 0) is 23.6 Å². The van der Waals surface area contributed by atoms with Crippen molar-refractivity contribution in [3.8, 4) is 5.75 Å². The smallest absolute Gasteiger partial charge is 0.122 e. The summed E-state index contributed by atoms with van der Waals surface area (Å²) in [6, 6.07) is 6.51. The molecule has 1 aromatic rings. The number of aryl methyl sites for hydroxylation is 1. The molecule has 3 heteroatoms. The van der Waals surface area contributed by atoms with Gasteiger partial charge in [0.2, 0.25) is 0 Å². The highest BCUT2D eigenvalue weighted by molar-refractivity contribution is 7.80. The molecule has 0 heterocycles. The standard InChI is InChI=1S/C15H25NOS/c1-5-12-10-13(6-7-14(12)17-4)15(2,3)11-16-8-9-18/h6-7,10,16,18H,5,8-9,11H2,1-4H3. The zero-order valence-electron chi connectivity index (χ0n) is 11.9. The molecule has 0 aliphatic heterocycles. The Morgan fingerprint density at radius 2 is 2.06 bits per heavy atom. The molecule has 0 spiro atoms. The maximum Gasteiger partial charge on any atom is 0.122 e. The zero-order valence-corrected chi connectivity index (χ0v) is 12.8. The monoisotopic (exact) mass is 267 g/mol. The summed E-state index contributed by atoms with van der Waals surface area (Å²) in [5.41, 5.74) is 2.75. The van der Waals surface area contributed by atoms with Gasteiger partial charge in [0.1, 0.15) is 5.75 Å². The zero-order chi connectivity index (χ0) is 13.6. The van der Waals surface area contributed by atoms with Crippen molar-refractivity contribution < 1.29 is 4.74 Å². The van der Waals surface area contributed by atoms with Crippen LogP contribution < -0.4 is 10.1 Å². The predicted octanol–water partition coefficient (Wildman–Crippen LogP) is 3.05. The number of rotatable bonds is 7. The van der Waals surface area contributed by atoms with Crippen LogP contribution in [0.1, 0.15) is 31.9 Å². The SMILES string of the molecule is CCc1cc(C(C)(C)CNCCS)ccc1OC. The highest BCUT2D eigenvalue weighted by atomic mass is 32.1. The van der Waals surface area contributed by atoms with Gasteiger partial charge < -0.3 is 10.1 Å². The van der Waals surface area contributed by atoms with Gasteiger partial charge in [-0.3, -0.25) is 0 Å². The molecule has 1 N–H and O–H groups in total. The van der Waals surface area contributed by atoms with E-state index in [0.29, 0.717) is 0 Å². The van der Waals surface area contributed by atoms with Gasteiger partial charge in [0.25, 0.3) is 0 Å². The van der Waals surface area contributed by atoms with E-state index in [-0.39, 0.29) is 5.41 Å². The average molecular weight is 267 g/mol. The first-order valence-electron chi connectivity index (χ1n) is 6.54. The summed E-state index contributed by atoms with van der Waals surface area (Å²) in [7, 11) is 1.73. The van der Waals surface area contributed by atoms with Crippen LogP contribution in [0.4, 0.5) is 0 Å². The van der Waals surface area contributed by atoms with Crippen molar-refractivity contribution in [1.82, 2.24) is 5.32 Å². The minimum Gasteiger partial charge on any atom is -0.496 e. The third-order valence-corrected chi connectivity index (χ3v) is 3.52. The van der Waals surface area contributed by atoms with Crippen molar-refractivity contribution >= 4 is 12.6 Å². The average Bonchev–Trinajstić information content (AvgIpc) is 2.38. The lowest BCUT2D eigenvalue weighted by Crippen LogP contribution is -2.34. The minimum absolute atomic E-state index is 0.124. The summed E-state index contributed by atoms with van der Waals surface area (Å²) in [5.74, 6) is 1.86. The van der Waals surface area contributed by atoms with Crippen LogP contribution >= 0.6 is 12.6 Å². The first kappa shape index (κ1) is 15.4. The molecular weight excluding hydrogens is 242 g/mol. The third-order valence-electron chi connectivity index (χ3n) is 3.30. The molecule has 18 heavy (non-hydrogen) atoms. The second kappa shape index (κ2) is 7.05. The quantitative estimate of drug-likeness (QED) is 0.585. The normalized spacial score (nSPS) is 11.6. The number of thiol groups is 1. The molecule has 0 unspecified atom stereocenters. The maximum atomic E-state index is 5.38. The molecule has 0 radical (unpaired) electrons. The predicted molar refractivity (Wildman–Crippen MR) is 82.1 cm³/mol. The highest BCUT2D eigenvalue weighted by Crippen LogP contribution is 2.28. The van der Waals surface area contributed by atoms with Gasteiger partial charge >= 0.3 is 0 Å². The van der Waals surface area contributed by atoms with Crippen LogP contribution in [0.3, 0.4) is 0 Å². The number of ether oxygens (including phenoxy) is 1. The number of hydrogen-bond acceptors (Lipinski definition) is 3. The number of nitrogens with one attached hydrogen (secondary N) is 1. The molecule has 0 aliphatic rings. The van der Waals surface area contributed by atoms with Crippen molar-refractivity contribution in [2.75, 3.05) is 26.0 Å². The summed E-state index contributed by atoms with van der Waals surface area (Å²) in [5, 5.41) is 3.43. The van der Waals surface area contributed by atoms with Gasteiger partial charge in [-0.1, -0.05) is 32.9 Å². The lowest BCUT2D eigenvalue weighted by Gasteiger charge is -2.26. The Labute approximate surface area is 117 Å². The van der Waals surface area contributed by atoms with Crippen molar-refractivity contribution in [1.29, 1.82) is 0 Å². The molecule has 0 fully saturated rings. The van der Waals surface area contributed by atoms with Crippen LogP contribution in [-0.4, -0.2) is 26.0 Å². The van der Waals surface area contributed by atoms with Crippen molar-refractivity contribution in [3.05, 3.63) is 29.3 Å². The largest absolute Gasteiger partial charge is 0.496 e. The fourth-order valence-corrected chi connectivity index (χ4v) is 2.22. The molecule has 0 saturated heterocycles. The molecule has 0 amide bonds. The van der Waals surface area contributed by atoms with E-state index in [1.54, 1.807) is 7.11 Å². The van der Waals surface area contributed by atoms with Gasteiger partial charge in [0.05, 0.1) is 7.11 Å². The van der Waals surface area contributed by atoms with Gasteiger partial charge in [0.15, 0.2) is 0 Å². The van der Waals surface area contributed by atoms with Crippen molar-refractivity contribution in [2.24, 2.45) is 0 Å². The third kappa shape index (κ3) is 3.92. The lowest BCUT2D eigenvalue weighted by molar-refractivity contribution is 0.408. The molecular formula is C15H25NOS. The summed E-state index contributed by atoms with van der Waals surface area (Å²) < 4.78 is 5.38. The Balaban J connectivity index is 2.87. The fraction of sp³-hybridized carbons (Fsp3) is 0.600. The van der Waals surface area contributed by atoms with E-state index < -0.39 is 0 Å². The molecule has 102 valence electrons. The van der Waals surface area contributed by atoms with E-state index in [1.165, 1.54) is 11.1 Å². The van der Waals surface area contributed by atoms with Crippen LogP contribution in [-0.2, 0) is 11.8 Å². The molecule has 0 bridgehead atoms. The Bertz CT molecular complexity index is 377. The molecule has 0 aromatic heterocycles.